The van der Waals surface area contributed by atoms with Crippen LogP contribution in [0, 0.1) is 20.8 Å². The van der Waals surface area contributed by atoms with E-state index in [9.17, 15) is 0 Å². The van der Waals surface area contributed by atoms with Crippen molar-refractivity contribution in [1.82, 2.24) is 4.90 Å². The maximum Gasteiger partial charge on any atom is 0.0856 e. The summed E-state index contributed by atoms with van der Waals surface area (Å²) in [5.74, 6) is 0. The van der Waals surface area contributed by atoms with Crippen LogP contribution in [0.4, 0.5) is 0 Å². The molecule has 2 fully saturated rings. The highest BCUT2D eigenvalue weighted by molar-refractivity contribution is 5.38. The van der Waals surface area contributed by atoms with E-state index < -0.39 is 0 Å². The smallest absolute Gasteiger partial charge is 0.0856 e. The number of nitrogens with two attached hydrogens (primary N) is 1. The molecule has 2 N–H and O–H groups in total. The van der Waals surface area contributed by atoms with E-state index in [1.807, 2.05) is 0 Å². The standard InChI is InChI=1S/C18H28N2O/c1-12-7-13(2)16(14(3)8-12)9-17(19)18-10-20-6-4-5-15(20)11-21-18/h7-8,15,17-18H,4-6,9-11,19H2,1-3H3. The van der Waals surface area contributed by atoms with Crippen molar-refractivity contribution < 1.29 is 4.74 Å². The normalized spacial score (nSPS) is 27.6. The molecule has 3 nitrogen and oxygen atoms in total. The second kappa shape index (κ2) is 6.07. The number of nitrogens with zero attached hydrogens (tertiary/aromatic N) is 1. The van der Waals surface area contributed by atoms with Gasteiger partial charge in [0.1, 0.15) is 0 Å². The molecule has 3 atom stereocenters. The average molecular weight is 288 g/mol. The first-order valence-corrected chi connectivity index (χ1v) is 8.22. The Hall–Kier alpha value is -0.900. The summed E-state index contributed by atoms with van der Waals surface area (Å²) in [6.45, 7) is 9.64. The highest BCUT2D eigenvalue weighted by Gasteiger charge is 2.34. The van der Waals surface area contributed by atoms with Crippen molar-refractivity contribution in [1.29, 1.82) is 0 Å². The molecule has 2 saturated heterocycles. The highest BCUT2D eigenvalue weighted by atomic mass is 16.5. The molecule has 3 heteroatoms. The Labute approximate surface area is 128 Å². The number of rotatable bonds is 3. The van der Waals surface area contributed by atoms with Crippen molar-refractivity contribution in [3.8, 4) is 0 Å². The van der Waals surface area contributed by atoms with Crippen LogP contribution in [0.3, 0.4) is 0 Å². The van der Waals surface area contributed by atoms with Gasteiger partial charge in [0, 0.05) is 18.6 Å². The number of morpholine rings is 1. The number of hydrogen-bond acceptors (Lipinski definition) is 3. The summed E-state index contributed by atoms with van der Waals surface area (Å²) >= 11 is 0. The molecule has 3 rings (SSSR count). The summed E-state index contributed by atoms with van der Waals surface area (Å²) in [5.41, 5.74) is 11.9. The van der Waals surface area contributed by atoms with Gasteiger partial charge >= 0.3 is 0 Å². The zero-order valence-corrected chi connectivity index (χ0v) is 13.6. The Bertz CT molecular complexity index is 491. The molecule has 0 aromatic heterocycles. The van der Waals surface area contributed by atoms with Gasteiger partial charge in [-0.25, -0.2) is 0 Å². The van der Waals surface area contributed by atoms with E-state index in [2.05, 4.69) is 37.8 Å². The molecular weight excluding hydrogens is 260 g/mol. The van der Waals surface area contributed by atoms with Gasteiger partial charge in [0.05, 0.1) is 12.7 Å². The van der Waals surface area contributed by atoms with Crippen LogP contribution in [-0.4, -0.2) is 42.8 Å². The predicted molar refractivity (Wildman–Crippen MR) is 86.7 cm³/mol. The summed E-state index contributed by atoms with van der Waals surface area (Å²) in [6, 6.07) is 5.25. The minimum Gasteiger partial charge on any atom is -0.374 e. The molecule has 2 heterocycles. The molecule has 0 bridgehead atoms. The first-order chi connectivity index (χ1) is 10.0. The van der Waals surface area contributed by atoms with Gasteiger partial charge in [-0.1, -0.05) is 17.7 Å². The molecule has 1 aromatic rings. The van der Waals surface area contributed by atoms with Crippen molar-refractivity contribution in [2.75, 3.05) is 19.7 Å². The van der Waals surface area contributed by atoms with Crippen LogP contribution in [0.5, 0.6) is 0 Å². The maximum atomic E-state index is 6.49. The van der Waals surface area contributed by atoms with Gasteiger partial charge in [-0.05, 0) is 63.3 Å². The molecule has 21 heavy (non-hydrogen) atoms. The number of benzene rings is 1. The molecule has 2 aliphatic heterocycles. The van der Waals surface area contributed by atoms with Crippen LogP contribution in [0.25, 0.3) is 0 Å². The largest absolute Gasteiger partial charge is 0.374 e. The quantitative estimate of drug-likeness (QED) is 0.928. The Morgan fingerprint density at radius 2 is 2.00 bits per heavy atom. The second-order valence-electron chi connectivity index (χ2n) is 6.91. The van der Waals surface area contributed by atoms with Crippen LogP contribution in [0.15, 0.2) is 12.1 Å². The third-order valence-electron chi connectivity index (χ3n) is 5.17. The fraction of sp³-hybridized carbons (Fsp3) is 0.667. The number of aryl methyl sites for hydroxylation is 3. The second-order valence-corrected chi connectivity index (χ2v) is 6.91. The van der Waals surface area contributed by atoms with Crippen molar-refractivity contribution >= 4 is 0 Å². The molecule has 0 amide bonds. The topological polar surface area (TPSA) is 38.5 Å². The Kier molecular flexibility index (Phi) is 4.34. The maximum absolute atomic E-state index is 6.49. The average Bonchev–Trinajstić information content (AvgIpc) is 2.89. The molecule has 2 aliphatic rings. The van der Waals surface area contributed by atoms with Gasteiger partial charge in [-0.2, -0.15) is 0 Å². The lowest BCUT2D eigenvalue weighted by molar-refractivity contribution is -0.0589. The zero-order valence-electron chi connectivity index (χ0n) is 13.6. The lowest BCUT2D eigenvalue weighted by atomic mass is 9.92. The summed E-state index contributed by atoms with van der Waals surface area (Å²) < 4.78 is 6.06. The fourth-order valence-corrected chi connectivity index (χ4v) is 4.00. The van der Waals surface area contributed by atoms with E-state index >= 15 is 0 Å². The molecule has 1 aromatic carbocycles. The minimum absolute atomic E-state index is 0.0895. The van der Waals surface area contributed by atoms with Crippen molar-refractivity contribution in [3.63, 3.8) is 0 Å². The van der Waals surface area contributed by atoms with Crippen molar-refractivity contribution in [3.05, 3.63) is 34.4 Å². The third-order valence-corrected chi connectivity index (χ3v) is 5.17. The summed E-state index contributed by atoms with van der Waals surface area (Å²) in [5, 5.41) is 0. The van der Waals surface area contributed by atoms with Crippen LogP contribution >= 0.6 is 0 Å². The van der Waals surface area contributed by atoms with Crippen LogP contribution in [0.2, 0.25) is 0 Å². The lowest BCUT2D eigenvalue weighted by Crippen LogP contribution is -2.53. The minimum atomic E-state index is 0.0895. The first-order valence-electron chi connectivity index (χ1n) is 8.22. The molecule has 116 valence electrons. The number of ether oxygens (including phenoxy) is 1. The molecule has 0 radical (unpaired) electrons. The van der Waals surface area contributed by atoms with E-state index in [0.717, 1.165) is 19.6 Å². The first kappa shape index (κ1) is 15.0. The predicted octanol–water partition coefficient (Wildman–Crippen LogP) is 2.34. The highest BCUT2D eigenvalue weighted by Crippen LogP contribution is 2.25. The van der Waals surface area contributed by atoms with Gasteiger partial charge < -0.3 is 10.5 Å². The third kappa shape index (κ3) is 3.15. The van der Waals surface area contributed by atoms with E-state index in [1.165, 1.54) is 41.6 Å². The Morgan fingerprint density at radius 1 is 1.29 bits per heavy atom. The molecular formula is C18H28N2O. The summed E-state index contributed by atoms with van der Waals surface area (Å²) in [4.78, 5) is 2.57. The van der Waals surface area contributed by atoms with Gasteiger partial charge in [0.25, 0.3) is 0 Å². The number of fused-ring (bicyclic) bond motifs is 1. The van der Waals surface area contributed by atoms with Crippen LogP contribution < -0.4 is 5.73 Å². The summed E-state index contributed by atoms with van der Waals surface area (Å²) in [6.07, 6.45) is 3.70. The SMILES string of the molecule is Cc1cc(C)c(CC(N)C2CN3CCCC3CO2)c(C)c1. The van der Waals surface area contributed by atoms with Crippen LogP contribution in [0.1, 0.15) is 35.1 Å². The van der Waals surface area contributed by atoms with E-state index in [-0.39, 0.29) is 12.1 Å². The van der Waals surface area contributed by atoms with Crippen LogP contribution in [-0.2, 0) is 11.2 Å². The molecule has 0 aliphatic carbocycles. The van der Waals surface area contributed by atoms with Gasteiger partial charge in [-0.15, -0.1) is 0 Å². The lowest BCUT2D eigenvalue weighted by Gasteiger charge is -2.38. The summed E-state index contributed by atoms with van der Waals surface area (Å²) in [7, 11) is 0. The molecule has 0 spiro atoms. The van der Waals surface area contributed by atoms with Gasteiger partial charge in [0.2, 0.25) is 0 Å². The number of hydrogen-bond donors (Lipinski definition) is 1. The Morgan fingerprint density at radius 3 is 2.71 bits per heavy atom. The molecule has 0 saturated carbocycles. The Balaban J connectivity index is 1.68. The van der Waals surface area contributed by atoms with Crippen molar-refractivity contribution in [2.24, 2.45) is 5.73 Å². The van der Waals surface area contributed by atoms with Gasteiger partial charge in [-0.3, -0.25) is 4.90 Å². The molecule has 3 unspecified atom stereocenters. The fourth-order valence-electron chi connectivity index (χ4n) is 4.00. The van der Waals surface area contributed by atoms with E-state index in [0.29, 0.717) is 6.04 Å². The van der Waals surface area contributed by atoms with E-state index in [1.54, 1.807) is 0 Å². The zero-order chi connectivity index (χ0) is 15.0. The van der Waals surface area contributed by atoms with Gasteiger partial charge in [0.15, 0.2) is 0 Å². The van der Waals surface area contributed by atoms with Crippen molar-refractivity contribution in [2.45, 2.75) is 58.2 Å². The van der Waals surface area contributed by atoms with E-state index in [4.69, 9.17) is 10.5 Å². The monoisotopic (exact) mass is 288 g/mol.